The van der Waals surface area contributed by atoms with Gasteiger partial charge in [-0.3, -0.25) is 0 Å². The van der Waals surface area contributed by atoms with E-state index in [9.17, 15) is 0 Å². The van der Waals surface area contributed by atoms with E-state index in [1.807, 2.05) is 17.4 Å². The van der Waals surface area contributed by atoms with Gasteiger partial charge in [0.1, 0.15) is 10.8 Å². The van der Waals surface area contributed by atoms with Crippen molar-refractivity contribution in [2.75, 3.05) is 17.2 Å². The third kappa shape index (κ3) is 1.61. The van der Waals surface area contributed by atoms with Gasteiger partial charge in [0.2, 0.25) is 0 Å². The van der Waals surface area contributed by atoms with Gasteiger partial charge < -0.3 is 10.6 Å². The lowest BCUT2D eigenvalue weighted by molar-refractivity contribution is 0.750. The quantitative estimate of drug-likeness (QED) is 0.828. The summed E-state index contributed by atoms with van der Waals surface area (Å²) in [6, 6.07) is 4.18. The Morgan fingerprint density at radius 2 is 2.40 bits per heavy atom. The molecule has 78 valence electrons. The molecule has 5 heteroatoms. The maximum Gasteiger partial charge on any atom is 0.139 e. The van der Waals surface area contributed by atoms with E-state index in [0.717, 1.165) is 19.5 Å². The number of nitrogens with zero attached hydrogens (tertiary/aromatic N) is 2. The molecule has 0 fully saturated rings. The summed E-state index contributed by atoms with van der Waals surface area (Å²) >= 11 is 3.35. The van der Waals surface area contributed by atoms with Crippen molar-refractivity contribution >= 4 is 33.7 Å². The van der Waals surface area contributed by atoms with Crippen molar-refractivity contribution in [1.82, 2.24) is 4.37 Å². The number of nitrogen functional groups attached to an aromatic ring is 1. The molecular weight excluding hydrogens is 226 g/mol. The van der Waals surface area contributed by atoms with Crippen LogP contribution in [0.25, 0.3) is 0 Å². The van der Waals surface area contributed by atoms with Crippen LogP contribution < -0.4 is 10.6 Å². The van der Waals surface area contributed by atoms with Crippen LogP contribution in [0.5, 0.6) is 0 Å². The zero-order chi connectivity index (χ0) is 10.3. The normalized spacial score (nSPS) is 15.3. The lowest BCUT2D eigenvalue weighted by Gasteiger charge is -2.26. The summed E-state index contributed by atoms with van der Waals surface area (Å²) in [4.78, 5) is 3.88. The van der Waals surface area contributed by atoms with Crippen molar-refractivity contribution in [2.24, 2.45) is 0 Å². The average molecular weight is 237 g/mol. The molecule has 0 spiro atoms. The Labute approximate surface area is 96.3 Å². The van der Waals surface area contributed by atoms with E-state index in [2.05, 4.69) is 20.7 Å². The summed E-state index contributed by atoms with van der Waals surface area (Å²) in [5, 5.41) is 3.36. The van der Waals surface area contributed by atoms with Crippen LogP contribution in [-0.2, 0) is 13.0 Å². The number of hydrogen-bond acceptors (Lipinski definition) is 5. The molecule has 0 unspecified atom stereocenters. The number of rotatable bonds is 1. The fourth-order valence-electron chi connectivity index (χ4n) is 1.86. The topological polar surface area (TPSA) is 42.1 Å². The second kappa shape index (κ2) is 3.50. The highest BCUT2D eigenvalue weighted by Gasteiger charge is 2.18. The Hall–Kier alpha value is -1.07. The second-order valence-electron chi connectivity index (χ2n) is 3.63. The van der Waals surface area contributed by atoms with E-state index < -0.39 is 0 Å². The summed E-state index contributed by atoms with van der Waals surface area (Å²) in [6.07, 6.45) is 1.14. The Kier molecular flexibility index (Phi) is 2.14. The first-order valence-electron chi connectivity index (χ1n) is 4.85. The van der Waals surface area contributed by atoms with E-state index in [1.165, 1.54) is 27.0 Å². The third-order valence-electron chi connectivity index (χ3n) is 2.64. The van der Waals surface area contributed by atoms with E-state index in [0.29, 0.717) is 5.82 Å². The smallest absolute Gasteiger partial charge is 0.139 e. The van der Waals surface area contributed by atoms with Crippen LogP contribution in [0.1, 0.15) is 10.4 Å². The van der Waals surface area contributed by atoms with Crippen molar-refractivity contribution in [3.8, 4) is 0 Å². The Bertz CT molecular complexity index is 474. The van der Waals surface area contributed by atoms with Crippen LogP contribution in [0.15, 0.2) is 17.5 Å². The molecule has 1 aliphatic heterocycles. The van der Waals surface area contributed by atoms with Crippen LogP contribution in [-0.4, -0.2) is 10.9 Å². The summed E-state index contributed by atoms with van der Waals surface area (Å²) < 4.78 is 4.12. The minimum absolute atomic E-state index is 0.631. The molecule has 3 nitrogen and oxygen atoms in total. The number of anilines is 2. The van der Waals surface area contributed by atoms with Gasteiger partial charge >= 0.3 is 0 Å². The molecule has 0 atom stereocenters. The highest BCUT2D eigenvalue weighted by molar-refractivity contribution is 7.10. The summed E-state index contributed by atoms with van der Waals surface area (Å²) in [5.41, 5.74) is 7.09. The van der Waals surface area contributed by atoms with E-state index in [-0.39, 0.29) is 0 Å². The maximum absolute atomic E-state index is 5.63. The van der Waals surface area contributed by atoms with Gasteiger partial charge in [-0.2, -0.15) is 4.37 Å². The number of fused-ring (bicyclic) bond motifs is 1. The van der Waals surface area contributed by atoms with Crippen LogP contribution in [0, 0.1) is 0 Å². The van der Waals surface area contributed by atoms with Gasteiger partial charge in [-0.15, -0.1) is 11.3 Å². The highest BCUT2D eigenvalue weighted by atomic mass is 32.1. The fourth-order valence-corrected chi connectivity index (χ4v) is 3.45. The van der Waals surface area contributed by atoms with Gasteiger partial charge in [0.15, 0.2) is 0 Å². The van der Waals surface area contributed by atoms with Crippen LogP contribution >= 0.6 is 22.9 Å². The van der Waals surface area contributed by atoms with Gasteiger partial charge in [0.05, 0.1) is 0 Å². The van der Waals surface area contributed by atoms with Crippen molar-refractivity contribution < 1.29 is 0 Å². The second-order valence-corrected chi connectivity index (χ2v) is 5.41. The molecule has 1 aliphatic rings. The molecule has 15 heavy (non-hydrogen) atoms. The molecule has 2 aromatic rings. The standard InChI is InChI=1S/C10H11N3S2/c11-9-5-10(15-12-9)13-3-1-8-7(6-13)2-4-14-8/h2,4-5H,1,3,6H2,(H2,11,12). The molecule has 0 amide bonds. The van der Waals surface area contributed by atoms with Crippen molar-refractivity contribution in [2.45, 2.75) is 13.0 Å². The largest absolute Gasteiger partial charge is 0.383 e. The van der Waals surface area contributed by atoms with Gasteiger partial charge in [0.25, 0.3) is 0 Å². The Balaban J connectivity index is 1.87. The SMILES string of the molecule is Nc1cc(N2CCc3sccc3C2)sn1. The minimum atomic E-state index is 0.631. The molecule has 0 saturated heterocycles. The average Bonchev–Trinajstić information content (AvgIpc) is 2.84. The lowest BCUT2D eigenvalue weighted by atomic mass is 10.1. The van der Waals surface area contributed by atoms with Crippen LogP contribution in [0.3, 0.4) is 0 Å². The number of hydrogen-bond donors (Lipinski definition) is 1. The molecule has 3 rings (SSSR count). The summed E-state index contributed by atoms with van der Waals surface area (Å²) in [6.45, 7) is 2.08. The van der Waals surface area contributed by atoms with Gasteiger partial charge in [-0.25, -0.2) is 0 Å². The lowest BCUT2D eigenvalue weighted by Crippen LogP contribution is -2.28. The highest BCUT2D eigenvalue weighted by Crippen LogP contribution is 2.30. The molecular formula is C10H11N3S2. The minimum Gasteiger partial charge on any atom is -0.383 e. The van der Waals surface area contributed by atoms with Gasteiger partial charge in [0, 0.05) is 24.0 Å². The molecule has 2 N–H and O–H groups in total. The molecule has 0 bridgehead atoms. The van der Waals surface area contributed by atoms with Crippen molar-refractivity contribution in [1.29, 1.82) is 0 Å². The number of thiophene rings is 1. The first-order chi connectivity index (χ1) is 7.33. The predicted molar refractivity (Wildman–Crippen MR) is 65.6 cm³/mol. The number of nitrogens with two attached hydrogens (primary N) is 1. The molecule has 0 aromatic carbocycles. The first-order valence-corrected chi connectivity index (χ1v) is 6.50. The Morgan fingerprint density at radius 3 is 3.20 bits per heavy atom. The van der Waals surface area contributed by atoms with Crippen molar-refractivity contribution in [3.63, 3.8) is 0 Å². The van der Waals surface area contributed by atoms with Gasteiger partial charge in [-0.1, -0.05) is 0 Å². The number of aromatic nitrogens is 1. The molecule has 0 saturated carbocycles. The maximum atomic E-state index is 5.63. The zero-order valence-electron chi connectivity index (χ0n) is 8.14. The molecule has 0 radical (unpaired) electrons. The van der Waals surface area contributed by atoms with Gasteiger partial charge in [-0.05, 0) is 35.0 Å². The van der Waals surface area contributed by atoms with E-state index in [1.54, 1.807) is 0 Å². The molecule has 0 aliphatic carbocycles. The van der Waals surface area contributed by atoms with Crippen molar-refractivity contribution in [3.05, 3.63) is 28.0 Å². The fraction of sp³-hybridized carbons (Fsp3) is 0.300. The third-order valence-corrected chi connectivity index (χ3v) is 4.52. The predicted octanol–water partition coefficient (Wildman–Crippen LogP) is 2.35. The van der Waals surface area contributed by atoms with E-state index in [4.69, 9.17) is 5.73 Å². The van der Waals surface area contributed by atoms with Crippen LogP contribution in [0.2, 0.25) is 0 Å². The molecule has 3 heterocycles. The van der Waals surface area contributed by atoms with Crippen LogP contribution in [0.4, 0.5) is 10.8 Å². The monoisotopic (exact) mass is 237 g/mol. The first kappa shape index (κ1) is 9.18. The zero-order valence-corrected chi connectivity index (χ0v) is 9.77. The molecule has 2 aromatic heterocycles. The summed E-state index contributed by atoms with van der Waals surface area (Å²) in [5.74, 6) is 0.631. The Morgan fingerprint density at radius 1 is 1.47 bits per heavy atom. The summed E-state index contributed by atoms with van der Waals surface area (Å²) in [7, 11) is 0. The van der Waals surface area contributed by atoms with E-state index >= 15 is 0 Å².